The van der Waals surface area contributed by atoms with E-state index in [-0.39, 0.29) is 22.9 Å². The number of anilines is 1. The summed E-state index contributed by atoms with van der Waals surface area (Å²) in [5.74, 6) is -0.384. The van der Waals surface area contributed by atoms with E-state index in [9.17, 15) is 14.9 Å². The predicted molar refractivity (Wildman–Crippen MR) is 66.2 cm³/mol. The van der Waals surface area contributed by atoms with Crippen LogP contribution in [0, 0.1) is 10.1 Å². The molecular formula is C11H10N4O4. The highest BCUT2D eigenvalue weighted by Crippen LogP contribution is 2.30. The van der Waals surface area contributed by atoms with E-state index < -0.39 is 10.8 Å². The lowest BCUT2D eigenvalue weighted by molar-refractivity contribution is -0.385. The van der Waals surface area contributed by atoms with Crippen molar-refractivity contribution in [3.63, 3.8) is 0 Å². The van der Waals surface area contributed by atoms with Crippen LogP contribution in [-0.2, 0) is 0 Å². The van der Waals surface area contributed by atoms with E-state index in [0.29, 0.717) is 0 Å². The molecule has 2 rings (SSSR count). The van der Waals surface area contributed by atoms with Gasteiger partial charge in [0.25, 0.3) is 5.91 Å². The molecule has 0 unspecified atom stereocenters. The molecule has 98 valence electrons. The van der Waals surface area contributed by atoms with Gasteiger partial charge in [0.05, 0.1) is 17.6 Å². The Bertz CT molecular complexity index is 609. The number of methoxy groups -OCH3 is 1. The molecule has 0 aliphatic heterocycles. The number of nitrogens with zero attached hydrogens (tertiary/aromatic N) is 2. The van der Waals surface area contributed by atoms with Crippen molar-refractivity contribution in [1.29, 1.82) is 0 Å². The number of hydrogen-bond acceptors (Lipinski definition) is 5. The third kappa shape index (κ3) is 2.51. The SMILES string of the molecule is COc1c(C(=O)Nc2ncc[nH]2)cccc1[N+](=O)[O-]. The highest BCUT2D eigenvalue weighted by Gasteiger charge is 2.22. The molecule has 0 aliphatic rings. The van der Waals surface area contributed by atoms with Gasteiger partial charge in [0.2, 0.25) is 11.7 Å². The maximum Gasteiger partial charge on any atom is 0.311 e. The first kappa shape index (κ1) is 12.6. The second-order valence-corrected chi connectivity index (χ2v) is 3.51. The Morgan fingerprint density at radius 2 is 2.32 bits per heavy atom. The van der Waals surface area contributed by atoms with Crippen LogP contribution in [-0.4, -0.2) is 27.9 Å². The number of hydrogen-bond donors (Lipinski definition) is 2. The quantitative estimate of drug-likeness (QED) is 0.642. The molecule has 8 nitrogen and oxygen atoms in total. The minimum atomic E-state index is -0.609. The Morgan fingerprint density at radius 1 is 1.53 bits per heavy atom. The maximum absolute atomic E-state index is 12.0. The van der Waals surface area contributed by atoms with Crippen molar-refractivity contribution in [3.05, 3.63) is 46.3 Å². The minimum Gasteiger partial charge on any atom is -0.490 e. The van der Waals surface area contributed by atoms with Crippen molar-refractivity contribution in [1.82, 2.24) is 9.97 Å². The zero-order valence-electron chi connectivity index (χ0n) is 9.91. The van der Waals surface area contributed by atoms with E-state index in [4.69, 9.17) is 4.74 Å². The van der Waals surface area contributed by atoms with Crippen molar-refractivity contribution in [2.24, 2.45) is 0 Å². The number of nitro groups is 1. The van der Waals surface area contributed by atoms with Crippen LogP contribution in [0.5, 0.6) is 5.75 Å². The van der Waals surface area contributed by atoms with Crippen LogP contribution in [0.3, 0.4) is 0 Å². The van der Waals surface area contributed by atoms with Crippen molar-refractivity contribution in [2.45, 2.75) is 0 Å². The maximum atomic E-state index is 12.0. The normalized spacial score (nSPS) is 9.95. The van der Waals surface area contributed by atoms with Crippen LogP contribution in [0.25, 0.3) is 0 Å². The minimum absolute atomic E-state index is 0.0631. The fourth-order valence-corrected chi connectivity index (χ4v) is 1.57. The van der Waals surface area contributed by atoms with Crippen LogP contribution >= 0.6 is 0 Å². The van der Waals surface area contributed by atoms with E-state index in [1.807, 2.05) is 0 Å². The summed E-state index contributed by atoms with van der Waals surface area (Å²) in [6, 6.07) is 4.12. The van der Waals surface area contributed by atoms with Crippen LogP contribution in [0.15, 0.2) is 30.6 Å². The van der Waals surface area contributed by atoms with Crippen molar-refractivity contribution in [2.75, 3.05) is 12.4 Å². The molecule has 1 heterocycles. The van der Waals surface area contributed by atoms with E-state index >= 15 is 0 Å². The molecule has 0 aliphatic carbocycles. The first-order valence-electron chi connectivity index (χ1n) is 5.25. The molecule has 19 heavy (non-hydrogen) atoms. The number of nitrogens with one attached hydrogen (secondary N) is 2. The van der Waals surface area contributed by atoms with Crippen molar-refractivity contribution >= 4 is 17.5 Å². The molecule has 0 saturated heterocycles. The number of nitro benzene ring substituents is 1. The summed E-state index contributed by atoms with van der Waals surface area (Å²) < 4.78 is 4.94. The zero-order valence-corrected chi connectivity index (χ0v) is 9.91. The molecule has 0 bridgehead atoms. The number of carbonyl (C=O) groups is 1. The monoisotopic (exact) mass is 262 g/mol. The van der Waals surface area contributed by atoms with Gasteiger partial charge in [-0.2, -0.15) is 0 Å². The Balaban J connectivity index is 2.36. The van der Waals surface area contributed by atoms with E-state index in [2.05, 4.69) is 15.3 Å². The number of carbonyl (C=O) groups excluding carboxylic acids is 1. The lowest BCUT2D eigenvalue weighted by Crippen LogP contribution is -2.14. The zero-order chi connectivity index (χ0) is 13.8. The molecule has 1 amide bonds. The van der Waals surface area contributed by atoms with Gasteiger partial charge in [0.1, 0.15) is 0 Å². The molecule has 0 saturated carbocycles. The number of benzene rings is 1. The molecule has 0 spiro atoms. The fraction of sp³-hybridized carbons (Fsp3) is 0.0909. The summed E-state index contributed by atoms with van der Waals surface area (Å²) in [7, 11) is 1.27. The number of para-hydroxylation sites is 1. The largest absolute Gasteiger partial charge is 0.490 e. The third-order valence-electron chi connectivity index (χ3n) is 2.37. The highest BCUT2D eigenvalue weighted by molar-refractivity contribution is 6.06. The van der Waals surface area contributed by atoms with Crippen LogP contribution in [0.4, 0.5) is 11.6 Å². The standard InChI is InChI=1S/C11H10N4O4/c1-19-9-7(3-2-4-8(9)15(17)18)10(16)14-11-12-5-6-13-11/h2-6H,1H3,(H2,12,13,14,16). The molecule has 8 heteroatoms. The molecule has 1 aromatic carbocycles. The van der Waals surface area contributed by atoms with Gasteiger partial charge in [-0.1, -0.05) is 6.07 Å². The molecule has 0 fully saturated rings. The van der Waals surface area contributed by atoms with Crippen molar-refractivity contribution < 1.29 is 14.5 Å². The number of rotatable bonds is 4. The molecular weight excluding hydrogens is 252 g/mol. The Kier molecular flexibility index (Phi) is 3.42. The number of aromatic nitrogens is 2. The number of ether oxygens (including phenoxy) is 1. The average molecular weight is 262 g/mol. The first-order valence-corrected chi connectivity index (χ1v) is 5.25. The van der Waals surface area contributed by atoms with E-state index in [1.165, 1.54) is 31.5 Å². The van der Waals surface area contributed by atoms with E-state index in [1.54, 1.807) is 6.20 Å². The summed E-state index contributed by atoms with van der Waals surface area (Å²) >= 11 is 0. The Morgan fingerprint density at radius 3 is 2.89 bits per heavy atom. The third-order valence-corrected chi connectivity index (χ3v) is 2.37. The van der Waals surface area contributed by atoms with Gasteiger partial charge in [-0.3, -0.25) is 20.2 Å². The molecule has 1 aromatic heterocycles. The van der Waals surface area contributed by atoms with E-state index in [0.717, 1.165) is 0 Å². The number of aromatic amines is 1. The van der Waals surface area contributed by atoms with Gasteiger partial charge in [-0.25, -0.2) is 4.98 Å². The van der Waals surface area contributed by atoms with Crippen molar-refractivity contribution in [3.8, 4) is 5.75 Å². The molecule has 0 radical (unpaired) electrons. The summed E-state index contributed by atoms with van der Waals surface area (Å²) in [6.45, 7) is 0. The van der Waals surface area contributed by atoms with Gasteiger partial charge in [-0.05, 0) is 6.07 Å². The first-order chi connectivity index (χ1) is 9.13. The lowest BCUT2D eigenvalue weighted by Gasteiger charge is -2.07. The topological polar surface area (TPSA) is 110 Å². The highest BCUT2D eigenvalue weighted by atomic mass is 16.6. The second kappa shape index (κ2) is 5.17. The van der Waals surface area contributed by atoms with Crippen LogP contribution < -0.4 is 10.1 Å². The average Bonchev–Trinajstić information content (AvgIpc) is 2.90. The summed E-state index contributed by atoms with van der Waals surface area (Å²) in [6.07, 6.45) is 3.01. The van der Waals surface area contributed by atoms with Gasteiger partial charge >= 0.3 is 5.69 Å². The number of H-pyrrole nitrogens is 1. The van der Waals surface area contributed by atoms with Crippen LogP contribution in [0.1, 0.15) is 10.4 Å². The van der Waals surface area contributed by atoms with Gasteiger partial charge in [-0.15, -0.1) is 0 Å². The van der Waals surface area contributed by atoms with Gasteiger partial charge in [0, 0.05) is 18.5 Å². The van der Waals surface area contributed by atoms with Gasteiger partial charge in [0.15, 0.2) is 0 Å². The molecule has 2 aromatic rings. The molecule has 2 N–H and O–H groups in total. The predicted octanol–water partition coefficient (Wildman–Crippen LogP) is 1.58. The Hall–Kier alpha value is -2.90. The molecule has 0 atom stereocenters. The van der Waals surface area contributed by atoms with Gasteiger partial charge < -0.3 is 9.72 Å². The summed E-state index contributed by atoms with van der Waals surface area (Å²) in [4.78, 5) is 28.8. The summed E-state index contributed by atoms with van der Waals surface area (Å²) in [5, 5.41) is 13.3. The lowest BCUT2D eigenvalue weighted by atomic mass is 10.1. The number of amides is 1. The number of imidazole rings is 1. The fourth-order valence-electron chi connectivity index (χ4n) is 1.57. The Labute approximate surface area is 107 Å². The second-order valence-electron chi connectivity index (χ2n) is 3.51. The smallest absolute Gasteiger partial charge is 0.311 e. The summed E-state index contributed by atoms with van der Waals surface area (Å²) in [5.41, 5.74) is -0.206. The van der Waals surface area contributed by atoms with Crippen LogP contribution in [0.2, 0.25) is 0 Å².